The zero-order chi connectivity index (χ0) is 12.3. The highest BCUT2D eigenvalue weighted by Crippen LogP contribution is 2.07. The van der Waals surface area contributed by atoms with Gasteiger partial charge in [-0.15, -0.1) is 0 Å². The molecule has 0 amide bonds. The van der Waals surface area contributed by atoms with Crippen LogP contribution in [0.4, 0.5) is 0 Å². The molecule has 0 aliphatic carbocycles. The molecular weight excluding hydrogens is 212 g/mol. The Hall–Kier alpha value is -1.06. The SMILES string of the molecule is CN(C)CCCCNCCOc1ccccc1. The summed E-state index contributed by atoms with van der Waals surface area (Å²) < 4.78 is 5.58. The van der Waals surface area contributed by atoms with Gasteiger partial charge in [0.15, 0.2) is 0 Å². The zero-order valence-electron chi connectivity index (χ0n) is 11.0. The fourth-order valence-electron chi connectivity index (χ4n) is 1.56. The molecule has 0 radical (unpaired) electrons. The molecule has 0 atom stereocenters. The highest BCUT2D eigenvalue weighted by Gasteiger charge is 1.93. The third-order valence-electron chi connectivity index (χ3n) is 2.50. The van der Waals surface area contributed by atoms with E-state index in [4.69, 9.17) is 4.74 Å². The molecule has 0 aromatic heterocycles. The van der Waals surface area contributed by atoms with Crippen LogP contribution in [0, 0.1) is 0 Å². The van der Waals surface area contributed by atoms with E-state index in [2.05, 4.69) is 24.3 Å². The molecule has 1 aromatic carbocycles. The van der Waals surface area contributed by atoms with E-state index in [1.54, 1.807) is 0 Å². The Kier molecular flexibility index (Phi) is 7.43. The third-order valence-corrected chi connectivity index (χ3v) is 2.50. The van der Waals surface area contributed by atoms with Gasteiger partial charge in [-0.05, 0) is 52.2 Å². The Bertz CT molecular complexity index is 275. The van der Waals surface area contributed by atoms with Crippen molar-refractivity contribution in [2.24, 2.45) is 0 Å². The lowest BCUT2D eigenvalue weighted by molar-refractivity contribution is 0.312. The largest absolute Gasteiger partial charge is 0.492 e. The van der Waals surface area contributed by atoms with Crippen molar-refractivity contribution in [3.8, 4) is 5.75 Å². The predicted octanol–water partition coefficient (Wildman–Crippen LogP) is 2.00. The van der Waals surface area contributed by atoms with E-state index in [1.807, 2.05) is 30.3 Å². The topological polar surface area (TPSA) is 24.5 Å². The van der Waals surface area contributed by atoms with Crippen LogP contribution in [0.5, 0.6) is 5.75 Å². The van der Waals surface area contributed by atoms with Gasteiger partial charge in [-0.2, -0.15) is 0 Å². The van der Waals surface area contributed by atoms with Gasteiger partial charge in [0, 0.05) is 6.54 Å². The first kappa shape index (κ1) is 14.0. The van der Waals surface area contributed by atoms with E-state index in [-0.39, 0.29) is 0 Å². The third kappa shape index (κ3) is 7.77. The summed E-state index contributed by atoms with van der Waals surface area (Å²) in [6, 6.07) is 9.94. The van der Waals surface area contributed by atoms with Crippen molar-refractivity contribution in [3.63, 3.8) is 0 Å². The number of unbranched alkanes of at least 4 members (excludes halogenated alkanes) is 1. The van der Waals surface area contributed by atoms with Crippen molar-refractivity contribution >= 4 is 0 Å². The molecule has 0 spiro atoms. The predicted molar refractivity (Wildman–Crippen MR) is 72.6 cm³/mol. The van der Waals surface area contributed by atoms with Crippen molar-refractivity contribution in [3.05, 3.63) is 30.3 Å². The molecule has 3 heteroatoms. The Morgan fingerprint density at radius 3 is 2.53 bits per heavy atom. The van der Waals surface area contributed by atoms with Crippen LogP contribution in [0.25, 0.3) is 0 Å². The molecule has 0 heterocycles. The van der Waals surface area contributed by atoms with Gasteiger partial charge in [0.2, 0.25) is 0 Å². The molecule has 1 rings (SSSR count). The Balaban J connectivity index is 1.88. The second-order valence-electron chi connectivity index (χ2n) is 4.42. The van der Waals surface area contributed by atoms with Crippen molar-refractivity contribution in [2.45, 2.75) is 12.8 Å². The molecule has 96 valence electrons. The smallest absolute Gasteiger partial charge is 0.119 e. The minimum absolute atomic E-state index is 0.734. The van der Waals surface area contributed by atoms with Gasteiger partial charge < -0.3 is 15.0 Å². The van der Waals surface area contributed by atoms with Crippen LogP contribution in [-0.2, 0) is 0 Å². The van der Waals surface area contributed by atoms with Crippen LogP contribution in [0.15, 0.2) is 30.3 Å². The minimum atomic E-state index is 0.734. The second-order valence-corrected chi connectivity index (χ2v) is 4.42. The number of hydrogen-bond acceptors (Lipinski definition) is 3. The van der Waals surface area contributed by atoms with Crippen LogP contribution in [0.3, 0.4) is 0 Å². The lowest BCUT2D eigenvalue weighted by Gasteiger charge is -2.10. The van der Waals surface area contributed by atoms with Crippen molar-refractivity contribution < 1.29 is 4.74 Å². The number of para-hydroxylation sites is 1. The highest BCUT2D eigenvalue weighted by molar-refractivity contribution is 5.20. The molecule has 0 unspecified atom stereocenters. The number of nitrogens with zero attached hydrogens (tertiary/aromatic N) is 1. The molecular formula is C14H24N2O. The van der Waals surface area contributed by atoms with E-state index < -0.39 is 0 Å². The average molecular weight is 236 g/mol. The molecule has 0 saturated heterocycles. The van der Waals surface area contributed by atoms with E-state index >= 15 is 0 Å². The van der Waals surface area contributed by atoms with Gasteiger partial charge in [0.1, 0.15) is 12.4 Å². The first-order chi connectivity index (χ1) is 8.29. The first-order valence-electron chi connectivity index (χ1n) is 6.32. The summed E-state index contributed by atoms with van der Waals surface area (Å²) in [7, 11) is 4.22. The summed E-state index contributed by atoms with van der Waals surface area (Å²) in [5, 5.41) is 3.39. The summed E-state index contributed by atoms with van der Waals surface area (Å²) in [5.74, 6) is 0.946. The number of benzene rings is 1. The second kappa shape index (κ2) is 9.02. The van der Waals surface area contributed by atoms with Crippen LogP contribution in [0.2, 0.25) is 0 Å². The van der Waals surface area contributed by atoms with Crippen LogP contribution in [0.1, 0.15) is 12.8 Å². The van der Waals surface area contributed by atoms with Gasteiger partial charge in [0.25, 0.3) is 0 Å². The Morgan fingerprint density at radius 1 is 1.06 bits per heavy atom. The van der Waals surface area contributed by atoms with E-state index in [1.165, 1.54) is 19.4 Å². The van der Waals surface area contributed by atoms with Gasteiger partial charge in [-0.1, -0.05) is 18.2 Å². The number of rotatable bonds is 9. The average Bonchev–Trinajstić information content (AvgIpc) is 2.33. The highest BCUT2D eigenvalue weighted by atomic mass is 16.5. The molecule has 0 fully saturated rings. The number of nitrogens with one attached hydrogen (secondary N) is 1. The van der Waals surface area contributed by atoms with Crippen molar-refractivity contribution in [1.82, 2.24) is 10.2 Å². The van der Waals surface area contributed by atoms with E-state index in [0.717, 1.165) is 25.4 Å². The fraction of sp³-hybridized carbons (Fsp3) is 0.571. The summed E-state index contributed by atoms with van der Waals surface area (Å²) in [6.07, 6.45) is 2.48. The molecule has 0 bridgehead atoms. The maximum atomic E-state index is 5.58. The molecule has 3 nitrogen and oxygen atoms in total. The summed E-state index contributed by atoms with van der Waals surface area (Å²) in [5.41, 5.74) is 0. The van der Waals surface area contributed by atoms with Crippen LogP contribution >= 0.6 is 0 Å². The zero-order valence-corrected chi connectivity index (χ0v) is 11.0. The lowest BCUT2D eigenvalue weighted by atomic mass is 10.3. The Labute approximate surface area is 105 Å². The van der Waals surface area contributed by atoms with Gasteiger partial charge >= 0.3 is 0 Å². The number of hydrogen-bond donors (Lipinski definition) is 1. The molecule has 1 N–H and O–H groups in total. The molecule has 1 aromatic rings. The maximum absolute atomic E-state index is 5.58. The standard InChI is InChI=1S/C14H24N2O/c1-16(2)12-7-6-10-15-11-13-17-14-8-4-3-5-9-14/h3-5,8-9,15H,6-7,10-13H2,1-2H3. The van der Waals surface area contributed by atoms with Crippen LogP contribution in [-0.4, -0.2) is 45.2 Å². The maximum Gasteiger partial charge on any atom is 0.119 e. The summed E-state index contributed by atoms with van der Waals surface area (Å²) in [4.78, 5) is 2.22. The number of ether oxygens (including phenoxy) is 1. The van der Waals surface area contributed by atoms with Crippen LogP contribution < -0.4 is 10.1 Å². The van der Waals surface area contributed by atoms with Crippen molar-refractivity contribution in [1.29, 1.82) is 0 Å². The Morgan fingerprint density at radius 2 is 1.82 bits per heavy atom. The molecule has 17 heavy (non-hydrogen) atoms. The molecule has 0 aliphatic heterocycles. The summed E-state index contributed by atoms with van der Waals surface area (Å²) >= 11 is 0. The quantitative estimate of drug-likeness (QED) is 0.664. The van der Waals surface area contributed by atoms with Gasteiger partial charge in [-0.25, -0.2) is 0 Å². The lowest BCUT2D eigenvalue weighted by Crippen LogP contribution is -2.23. The normalized spacial score (nSPS) is 10.8. The van der Waals surface area contributed by atoms with E-state index in [0.29, 0.717) is 0 Å². The van der Waals surface area contributed by atoms with Gasteiger partial charge in [0.05, 0.1) is 0 Å². The van der Waals surface area contributed by atoms with Gasteiger partial charge in [-0.3, -0.25) is 0 Å². The summed E-state index contributed by atoms with van der Waals surface area (Å²) in [6.45, 7) is 3.89. The minimum Gasteiger partial charge on any atom is -0.492 e. The fourth-order valence-corrected chi connectivity index (χ4v) is 1.56. The van der Waals surface area contributed by atoms with Crippen molar-refractivity contribution in [2.75, 3.05) is 40.3 Å². The first-order valence-corrected chi connectivity index (χ1v) is 6.32. The van der Waals surface area contributed by atoms with E-state index in [9.17, 15) is 0 Å². The molecule has 0 aliphatic rings. The molecule has 0 saturated carbocycles. The monoisotopic (exact) mass is 236 g/mol.